The van der Waals surface area contributed by atoms with E-state index in [2.05, 4.69) is 26.0 Å². The Labute approximate surface area is 117 Å². The Kier molecular flexibility index (Phi) is 6.28. The maximum absolute atomic E-state index is 11.4. The van der Waals surface area contributed by atoms with E-state index in [1.165, 1.54) is 0 Å². The minimum atomic E-state index is -3.14. The van der Waals surface area contributed by atoms with Crippen LogP contribution in [-0.2, 0) is 10.0 Å². The van der Waals surface area contributed by atoms with E-state index < -0.39 is 10.0 Å². The highest BCUT2D eigenvalue weighted by Gasteiger charge is 2.10. The summed E-state index contributed by atoms with van der Waals surface area (Å²) in [4.78, 5) is 0. The second-order valence-corrected chi connectivity index (χ2v) is 6.89. The number of hydrogen-bond donors (Lipinski definition) is 2. The van der Waals surface area contributed by atoms with Crippen molar-refractivity contribution in [2.75, 3.05) is 18.8 Å². The van der Waals surface area contributed by atoms with E-state index in [0.717, 1.165) is 10.0 Å². The van der Waals surface area contributed by atoms with Crippen molar-refractivity contribution in [3.8, 4) is 0 Å². The van der Waals surface area contributed by atoms with Gasteiger partial charge in [0.15, 0.2) is 0 Å². The standard InChI is InChI=1S/C12H19BrN2O2S/c1-3-15-18(16,17)9-8-14-10(2)11-4-6-12(13)7-5-11/h4-7,10,14-15H,3,8-9H2,1-2H3. The molecule has 18 heavy (non-hydrogen) atoms. The monoisotopic (exact) mass is 334 g/mol. The highest BCUT2D eigenvalue weighted by molar-refractivity contribution is 9.10. The summed E-state index contributed by atoms with van der Waals surface area (Å²) in [6.07, 6.45) is 0. The summed E-state index contributed by atoms with van der Waals surface area (Å²) in [6, 6.07) is 8.11. The van der Waals surface area contributed by atoms with E-state index in [0.29, 0.717) is 13.1 Å². The van der Waals surface area contributed by atoms with Gasteiger partial charge in [0.05, 0.1) is 5.75 Å². The summed E-state index contributed by atoms with van der Waals surface area (Å²) in [6.45, 7) is 4.66. The number of rotatable bonds is 7. The molecule has 2 N–H and O–H groups in total. The summed E-state index contributed by atoms with van der Waals surface area (Å²) >= 11 is 3.38. The van der Waals surface area contributed by atoms with Gasteiger partial charge in [0.2, 0.25) is 10.0 Å². The lowest BCUT2D eigenvalue weighted by Crippen LogP contribution is -2.32. The Bertz CT molecular complexity index is 459. The number of nitrogens with one attached hydrogen (secondary N) is 2. The number of sulfonamides is 1. The van der Waals surface area contributed by atoms with Crippen LogP contribution in [-0.4, -0.2) is 27.3 Å². The minimum Gasteiger partial charge on any atom is -0.309 e. The van der Waals surface area contributed by atoms with Crippen molar-refractivity contribution >= 4 is 26.0 Å². The molecule has 102 valence electrons. The molecule has 1 rings (SSSR count). The fourth-order valence-electron chi connectivity index (χ4n) is 1.57. The van der Waals surface area contributed by atoms with Crippen molar-refractivity contribution < 1.29 is 8.42 Å². The van der Waals surface area contributed by atoms with Crippen molar-refractivity contribution in [2.45, 2.75) is 19.9 Å². The molecular weight excluding hydrogens is 316 g/mol. The summed E-state index contributed by atoms with van der Waals surface area (Å²) in [5, 5.41) is 3.20. The second kappa shape index (κ2) is 7.23. The van der Waals surface area contributed by atoms with Gasteiger partial charge in [-0.1, -0.05) is 35.0 Å². The van der Waals surface area contributed by atoms with E-state index in [4.69, 9.17) is 0 Å². The third kappa shape index (κ3) is 5.48. The smallest absolute Gasteiger partial charge is 0.212 e. The third-order valence-corrected chi connectivity index (χ3v) is 4.55. The van der Waals surface area contributed by atoms with Crippen molar-refractivity contribution in [3.63, 3.8) is 0 Å². The first-order chi connectivity index (χ1) is 8.44. The van der Waals surface area contributed by atoms with Crippen LogP contribution in [0.3, 0.4) is 0 Å². The van der Waals surface area contributed by atoms with E-state index in [-0.39, 0.29) is 11.8 Å². The zero-order chi connectivity index (χ0) is 13.6. The third-order valence-electron chi connectivity index (χ3n) is 2.56. The van der Waals surface area contributed by atoms with Crippen molar-refractivity contribution in [2.24, 2.45) is 0 Å². The topological polar surface area (TPSA) is 58.2 Å². The lowest BCUT2D eigenvalue weighted by molar-refractivity contribution is 0.564. The Morgan fingerprint density at radius 1 is 1.28 bits per heavy atom. The maximum atomic E-state index is 11.4. The molecule has 0 saturated carbocycles. The molecule has 0 aliphatic heterocycles. The van der Waals surface area contributed by atoms with Gasteiger partial charge >= 0.3 is 0 Å². The number of hydrogen-bond acceptors (Lipinski definition) is 3. The van der Waals surface area contributed by atoms with Crippen LogP contribution in [0.15, 0.2) is 28.7 Å². The highest BCUT2D eigenvalue weighted by atomic mass is 79.9. The molecule has 0 spiro atoms. The van der Waals surface area contributed by atoms with Crippen LogP contribution in [0.5, 0.6) is 0 Å². The van der Waals surface area contributed by atoms with Gasteiger partial charge in [-0.05, 0) is 24.6 Å². The predicted octanol–water partition coefficient (Wildman–Crippen LogP) is 2.04. The zero-order valence-corrected chi connectivity index (χ0v) is 13.0. The molecule has 1 atom stereocenters. The molecule has 6 heteroatoms. The second-order valence-electron chi connectivity index (χ2n) is 4.04. The largest absolute Gasteiger partial charge is 0.309 e. The van der Waals surface area contributed by atoms with Crippen LogP contribution >= 0.6 is 15.9 Å². The van der Waals surface area contributed by atoms with Crippen LogP contribution in [0, 0.1) is 0 Å². The number of benzene rings is 1. The number of halogens is 1. The quantitative estimate of drug-likeness (QED) is 0.802. The predicted molar refractivity (Wildman–Crippen MR) is 78.0 cm³/mol. The average Bonchev–Trinajstić information content (AvgIpc) is 2.29. The van der Waals surface area contributed by atoms with Crippen molar-refractivity contribution in [3.05, 3.63) is 34.3 Å². The molecule has 1 aromatic rings. The van der Waals surface area contributed by atoms with Gasteiger partial charge in [0.1, 0.15) is 0 Å². The average molecular weight is 335 g/mol. The molecule has 0 fully saturated rings. The van der Waals surface area contributed by atoms with Gasteiger partial charge in [0, 0.05) is 23.6 Å². The van der Waals surface area contributed by atoms with Crippen LogP contribution < -0.4 is 10.0 Å². The molecule has 0 aliphatic rings. The Balaban J connectivity index is 2.42. The SMILES string of the molecule is CCNS(=O)(=O)CCNC(C)c1ccc(Br)cc1. The molecular formula is C12H19BrN2O2S. The summed E-state index contributed by atoms with van der Waals surface area (Å²) in [5.74, 6) is 0.0989. The molecule has 0 aliphatic carbocycles. The minimum absolute atomic E-state index is 0.0989. The molecule has 0 aromatic heterocycles. The van der Waals surface area contributed by atoms with E-state index in [9.17, 15) is 8.42 Å². The van der Waals surface area contributed by atoms with Gasteiger partial charge in [-0.15, -0.1) is 0 Å². The highest BCUT2D eigenvalue weighted by Crippen LogP contribution is 2.16. The Morgan fingerprint density at radius 3 is 2.44 bits per heavy atom. The van der Waals surface area contributed by atoms with Crippen LogP contribution in [0.25, 0.3) is 0 Å². The molecule has 0 bridgehead atoms. The molecule has 4 nitrogen and oxygen atoms in total. The lowest BCUT2D eigenvalue weighted by atomic mass is 10.1. The van der Waals surface area contributed by atoms with Crippen molar-refractivity contribution in [1.82, 2.24) is 10.0 Å². The summed E-state index contributed by atoms with van der Waals surface area (Å²) < 4.78 is 26.4. The van der Waals surface area contributed by atoms with E-state index in [1.54, 1.807) is 6.92 Å². The van der Waals surface area contributed by atoms with E-state index >= 15 is 0 Å². The molecule has 0 radical (unpaired) electrons. The fraction of sp³-hybridized carbons (Fsp3) is 0.500. The molecule has 1 aromatic carbocycles. The zero-order valence-electron chi connectivity index (χ0n) is 10.6. The van der Waals surface area contributed by atoms with Gasteiger partial charge < -0.3 is 5.32 Å². The lowest BCUT2D eigenvalue weighted by Gasteiger charge is -2.14. The Morgan fingerprint density at radius 2 is 1.89 bits per heavy atom. The summed E-state index contributed by atoms with van der Waals surface area (Å²) in [7, 11) is -3.14. The van der Waals surface area contributed by atoms with Crippen LogP contribution in [0.1, 0.15) is 25.5 Å². The van der Waals surface area contributed by atoms with Crippen LogP contribution in [0.2, 0.25) is 0 Å². The van der Waals surface area contributed by atoms with Gasteiger partial charge in [-0.2, -0.15) is 0 Å². The van der Waals surface area contributed by atoms with Gasteiger partial charge in [-0.3, -0.25) is 0 Å². The first-order valence-electron chi connectivity index (χ1n) is 5.91. The molecule has 0 heterocycles. The maximum Gasteiger partial charge on any atom is 0.212 e. The van der Waals surface area contributed by atoms with Gasteiger partial charge in [-0.25, -0.2) is 13.1 Å². The molecule has 1 unspecified atom stereocenters. The Hall–Kier alpha value is -0.430. The normalized spacial score (nSPS) is 13.5. The van der Waals surface area contributed by atoms with E-state index in [1.807, 2.05) is 31.2 Å². The molecule has 0 amide bonds. The van der Waals surface area contributed by atoms with Crippen LogP contribution in [0.4, 0.5) is 0 Å². The van der Waals surface area contributed by atoms with Crippen molar-refractivity contribution in [1.29, 1.82) is 0 Å². The first kappa shape index (κ1) is 15.6. The molecule has 0 saturated heterocycles. The summed E-state index contributed by atoms with van der Waals surface area (Å²) in [5.41, 5.74) is 1.14. The van der Waals surface area contributed by atoms with Gasteiger partial charge in [0.25, 0.3) is 0 Å². The fourth-order valence-corrected chi connectivity index (χ4v) is 2.81. The first-order valence-corrected chi connectivity index (χ1v) is 8.35.